The molecule has 2 unspecified atom stereocenters. The zero-order valence-corrected chi connectivity index (χ0v) is 8.14. The van der Waals surface area contributed by atoms with Crippen molar-refractivity contribution in [2.75, 3.05) is 6.61 Å². The minimum Gasteiger partial charge on any atom is -0.363 e. The molecule has 0 bridgehead atoms. The molecule has 0 saturated carbocycles. The third-order valence-corrected chi connectivity index (χ3v) is 2.34. The molecule has 1 aromatic rings. The Hall–Kier alpha value is -0.920. The second-order valence-corrected chi connectivity index (χ2v) is 3.28. The number of rotatable bonds is 2. The molecule has 1 heterocycles. The van der Waals surface area contributed by atoms with Crippen LogP contribution < -0.4 is 5.32 Å². The molecule has 1 aromatic carbocycles. The zero-order valence-electron chi connectivity index (χ0n) is 6.99. The maximum absolute atomic E-state index is 11.4. The van der Waals surface area contributed by atoms with Gasteiger partial charge in [-0.2, -0.15) is 0 Å². The van der Waals surface area contributed by atoms with Crippen LogP contribution >= 0.6 is 9.47 Å². The molecule has 0 fully saturated rings. The Bertz CT molecular complexity index is 340. The molecule has 1 amide bonds. The monoisotopic (exact) mass is 195 g/mol. The highest BCUT2D eigenvalue weighted by Gasteiger charge is 2.27. The van der Waals surface area contributed by atoms with Crippen molar-refractivity contribution in [3.05, 3.63) is 35.4 Å². The molecule has 13 heavy (non-hydrogen) atoms. The fourth-order valence-electron chi connectivity index (χ4n) is 1.55. The van der Waals surface area contributed by atoms with Gasteiger partial charge in [0.05, 0.1) is 12.6 Å². The van der Waals surface area contributed by atoms with Gasteiger partial charge in [0.2, 0.25) is 0 Å². The average Bonchev–Trinajstić information content (AvgIpc) is 2.46. The number of amides is 1. The van der Waals surface area contributed by atoms with Crippen LogP contribution in [-0.4, -0.2) is 12.5 Å². The minimum atomic E-state index is -0.0114. The van der Waals surface area contributed by atoms with E-state index in [4.69, 9.17) is 4.52 Å². The van der Waals surface area contributed by atoms with E-state index in [-0.39, 0.29) is 11.9 Å². The second kappa shape index (κ2) is 3.44. The summed E-state index contributed by atoms with van der Waals surface area (Å²) in [6, 6.07) is 7.56. The molecule has 3 nitrogen and oxygen atoms in total. The smallest absolute Gasteiger partial charge is 0.252 e. The highest BCUT2D eigenvalue weighted by atomic mass is 31.0. The highest BCUT2D eigenvalue weighted by molar-refractivity contribution is 7.09. The van der Waals surface area contributed by atoms with E-state index < -0.39 is 0 Å². The first-order valence-electron chi connectivity index (χ1n) is 4.04. The maximum Gasteiger partial charge on any atom is 0.252 e. The Morgan fingerprint density at radius 3 is 3.00 bits per heavy atom. The summed E-state index contributed by atoms with van der Waals surface area (Å²) in [7, 11) is 2.19. The van der Waals surface area contributed by atoms with Crippen molar-refractivity contribution in [3.8, 4) is 0 Å². The van der Waals surface area contributed by atoms with E-state index in [0.29, 0.717) is 6.61 Å². The summed E-state index contributed by atoms with van der Waals surface area (Å²) < 4.78 is 4.93. The van der Waals surface area contributed by atoms with Gasteiger partial charge in [0.15, 0.2) is 0 Å². The van der Waals surface area contributed by atoms with Crippen LogP contribution in [0.4, 0.5) is 0 Å². The first kappa shape index (κ1) is 8.67. The van der Waals surface area contributed by atoms with Crippen molar-refractivity contribution >= 4 is 15.4 Å². The second-order valence-electron chi connectivity index (χ2n) is 2.95. The molecule has 2 atom stereocenters. The Morgan fingerprint density at radius 1 is 1.46 bits per heavy atom. The summed E-state index contributed by atoms with van der Waals surface area (Å²) in [6.45, 7) is 0.493. The molecule has 0 spiro atoms. The molecule has 1 N–H and O–H groups in total. The summed E-state index contributed by atoms with van der Waals surface area (Å²) in [6.07, 6.45) is 0. The van der Waals surface area contributed by atoms with Gasteiger partial charge in [-0.15, -0.1) is 0 Å². The van der Waals surface area contributed by atoms with Crippen LogP contribution in [0.2, 0.25) is 0 Å². The quantitative estimate of drug-likeness (QED) is 0.722. The molecule has 0 saturated heterocycles. The van der Waals surface area contributed by atoms with Crippen molar-refractivity contribution < 1.29 is 9.32 Å². The number of fused-ring (bicyclic) bond motifs is 1. The van der Waals surface area contributed by atoms with Crippen molar-refractivity contribution in [1.29, 1.82) is 0 Å². The number of nitrogens with one attached hydrogen (secondary N) is 1. The predicted molar refractivity (Wildman–Crippen MR) is 52.3 cm³/mol. The lowest BCUT2D eigenvalue weighted by Gasteiger charge is -2.08. The SMILES string of the molecule is O=C1NC(COP)c2ccccc21. The van der Waals surface area contributed by atoms with Crippen LogP contribution in [0.15, 0.2) is 24.3 Å². The molecule has 68 valence electrons. The Labute approximate surface area is 78.8 Å². The maximum atomic E-state index is 11.4. The Balaban J connectivity index is 2.36. The van der Waals surface area contributed by atoms with Crippen LogP contribution in [0.25, 0.3) is 0 Å². The van der Waals surface area contributed by atoms with Gasteiger partial charge >= 0.3 is 0 Å². The Morgan fingerprint density at radius 2 is 2.23 bits per heavy atom. The van der Waals surface area contributed by atoms with Crippen molar-refractivity contribution in [1.82, 2.24) is 5.32 Å². The summed E-state index contributed by atoms with van der Waals surface area (Å²) >= 11 is 0. The molecule has 0 aliphatic carbocycles. The van der Waals surface area contributed by atoms with E-state index >= 15 is 0 Å². The van der Waals surface area contributed by atoms with Gasteiger partial charge in [-0.1, -0.05) is 18.2 Å². The number of hydrogen-bond donors (Lipinski definition) is 1. The molecule has 1 aliphatic rings. The van der Waals surface area contributed by atoms with Crippen LogP contribution in [-0.2, 0) is 4.52 Å². The molecule has 0 aromatic heterocycles. The number of carbonyl (C=O) groups is 1. The van der Waals surface area contributed by atoms with Gasteiger partial charge < -0.3 is 9.84 Å². The first-order valence-corrected chi connectivity index (χ1v) is 4.51. The first-order chi connectivity index (χ1) is 6.33. The van der Waals surface area contributed by atoms with Gasteiger partial charge in [-0.05, 0) is 11.6 Å². The number of carbonyl (C=O) groups excluding carboxylic acids is 1. The van der Waals surface area contributed by atoms with Crippen LogP contribution in [0, 0.1) is 0 Å². The zero-order chi connectivity index (χ0) is 9.26. The lowest BCUT2D eigenvalue weighted by Crippen LogP contribution is -2.21. The van der Waals surface area contributed by atoms with Crippen LogP contribution in [0.3, 0.4) is 0 Å². The van der Waals surface area contributed by atoms with E-state index in [1.54, 1.807) is 0 Å². The third kappa shape index (κ3) is 1.45. The van der Waals surface area contributed by atoms with Gasteiger partial charge in [0, 0.05) is 15.0 Å². The lowest BCUT2D eigenvalue weighted by molar-refractivity contribution is 0.0948. The normalized spacial score (nSPS) is 19.8. The Kier molecular flexibility index (Phi) is 2.30. The summed E-state index contributed by atoms with van der Waals surface area (Å²) in [5.41, 5.74) is 1.78. The molecular weight excluding hydrogens is 185 g/mol. The van der Waals surface area contributed by atoms with E-state index in [0.717, 1.165) is 11.1 Å². The van der Waals surface area contributed by atoms with E-state index in [9.17, 15) is 4.79 Å². The van der Waals surface area contributed by atoms with E-state index in [1.807, 2.05) is 24.3 Å². The molecule has 4 heteroatoms. The predicted octanol–water partition coefficient (Wildman–Crippen LogP) is 1.28. The number of benzene rings is 1. The summed E-state index contributed by atoms with van der Waals surface area (Å²) in [5, 5.41) is 2.84. The number of hydrogen-bond acceptors (Lipinski definition) is 2. The summed E-state index contributed by atoms with van der Waals surface area (Å²) in [5.74, 6) is -0.0114. The summed E-state index contributed by atoms with van der Waals surface area (Å²) in [4.78, 5) is 11.4. The van der Waals surface area contributed by atoms with Gasteiger partial charge in [-0.25, -0.2) is 0 Å². The highest BCUT2D eigenvalue weighted by Crippen LogP contribution is 2.25. The topological polar surface area (TPSA) is 38.3 Å². The molecular formula is C9H10NO2P. The molecule has 0 radical (unpaired) electrons. The lowest BCUT2D eigenvalue weighted by atomic mass is 10.1. The largest absolute Gasteiger partial charge is 0.363 e. The van der Waals surface area contributed by atoms with Crippen LogP contribution in [0.1, 0.15) is 22.0 Å². The minimum absolute atomic E-state index is 0.00111. The van der Waals surface area contributed by atoms with Gasteiger partial charge in [-0.3, -0.25) is 4.79 Å². The third-order valence-electron chi connectivity index (χ3n) is 2.15. The van der Waals surface area contributed by atoms with E-state index in [1.165, 1.54) is 0 Å². The van der Waals surface area contributed by atoms with Crippen molar-refractivity contribution in [3.63, 3.8) is 0 Å². The van der Waals surface area contributed by atoms with Crippen molar-refractivity contribution in [2.24, 2.45) is 0 Å². The molecule has 1 aliphatic heterocycles. The molecule has 2 rings (SSSR count). The van der Waals surface area contributed by atoms with E-state index in [2.05, 4.69) is 14.8 Å². The van der Waals surface area contributed by atoms with Crippen LogP contribution in [0.5, 0.6) is 0 Å². The van der Waals surface area contributed by atoms with Gasteiger partial charge in [0.1, 0.15) is 0 Å². The average molecular weight is 195 g/mol. The fourth-order valence-corrected chi connectivity index (χ4v) is 1.74. The van der Waals surface area contributed by atoms with Crippen molar-refractivity contribution in [2.45, 2.75) is 6.04 Å². The van der Waals surface area contributed by atoms with Gasteiger partial charge in [0.25, 0.3) is 5.91 Å². The standard InChI is InChI=1S/C9H10NO2P/c11-9-7-4-2-1-3-6(7)8(10-9)5-12-13/h1-4,8H,5,13H2,(H,10,11). The fraction of sp³-hybridized carbons (Fsp3) is 0.222.